The van der Waals surface area contributed by atoms with Gasteiger partial charge in [0.25, 0.3) is 0 Å². The Labute approximate surface area is 101 Å². The molecule has 0 unspecified atom stereocenters. The molecule has 0 radical (unpaired) electrons. The number of pyridine rings is 1. The maximum Gasteiger partial charge on any atom is 0.159 e. The van der Waals surface area contributed by atoms with Gasteiger partial charge in [0.1, 0.15) is 0 Å². The van der Waals surface area contributed by atoms with Crippen molar-refractivity contribution in [1.29, 1.82) is 0 Å². The van der Waals surface area contributed by atoms with Crippen molar-refractivity contribution >= 4 is 0 Å². The van der Waals surface area contributed by atoms with Crippen LogP contribution in [0.4, 0.5) is 0 Å². The van der Waals surface area contributed by atoms with Crippen molar-refractivity contribution in [3.8, 4) is 11.4 Å². The molecule has 2 aromatic heterocycles. The molecule has 2 heterocycles. The van der Waals surface area contributed by atoms with E-state index in [2.05, 4.69) is 15.0 Å². The summed E-state index contributed by atoms with van der Waals surface area (Å²) in [6.07, 6.45) is 0. The Hall–Kier alpha value is -1.81. The van der Waals surface area contributed by atoms with Crippen molar-refractivity contribution in [3.05, 3.63) is 41.0 Å². The summed E-state index contributed by atoms with van der Waals surface area (Å²) in [7, 11) is 0. The monoisotopic (exact) mass is 228 g/mol. The molecule has 17 heavy (non-hydrogen) atoms. The lowest BCUT2D eigenvalue weighted by Crippen LogP contribution is -2.03. The lowest BCUT2D eigenvalue weighted by Gasteiger charge is -2.06. The van der Waals surface area contributed by atoms with Gasteiger partial charge in [-0.15, -0.1) is 0 Å². The first-order valence-corrected chi connectivity index (χ1v) is 5.59. The number of rotatable bonds is 2. The third-order valence-electron chi connectivity index (χ3n) is 2.46. The van der Waals surface area contributed by atoms with Crippen LogP contribution in [0.1, 0.15) is 22.8 Å². The summed E-state index contributed by atoms with van der Waals surface area (Å²) in [5.74, 6) is 0.721. The summed E-state index contributed by atoms with van der Waals surface area (Å²) in [5, 5.41) is 0. The minimum atomic E-state index is 0.430. The van der Waals surface area contributed by atoms with Crippen LogP contribution in [-0.2, 0) is 6.54 Å². The van der Waals surface area contributed by atoms with Crippen molar-refractivity contribution < 1.29 is 0 Å². The van der Waals surface area contributed by atoms with Crippen molar-refractivity contribution in [2.45, 2.75) is 27.3 Å². The third-order valence-corrected chi connectivity index (χ3v) is 2.46. The number of nitrogens with two attached hydrogens (primary N) is 1. The third kappa shape index (κ3) is 2.65. The molecule has 4 nitrogen and oxygen atoms in total. The van der Waals surface area contributed by atoms with Gasteiger partial charge in [0.15, 0.2) is 5.82 Å². The minimum Gasteiger partial charge on any atom is -0.325 e. The summed E-state index contributed by atoms with van der Waals surface area (Å²) in [5.41, 5.74) is 10.4. The number of hydrogen-bond acceptors (Lipinski definition) is 4. The second-order valence-corrected chi connectivity index (χ2v) is 4.17. The molecule has 0 atom stereocenters. The largest absolute Gasteiger partial charge is 0.325 e. The smallest absolute Gasteiger partial charge is 0.159 e. The standard InChI is InChI=1S/C13H16N4/c1-8-4-11(5-9(2)15-8)13-16-10(3)6-12(7-14)17-13/h4-6H,7,14H2,1-3H3. The summed E-state index contributed by atoms with van der Waals surface area (Å²) in [6, 6.07) is 5.88. The number of aryl methyl sites for hydroxylation is 3. The maximum absolute atomic E-state index is 5.62. The molecule has 0 fully saturated rings. The van der Waals surface area contributed by atoms with E-state index in [9.17, 15) is 0 Å². The molecule has 4 heteroatoms. The summed E-state index contributed by atoms with van der Waals surface area (Å²) in [4.78, 5) is 13.2. The molecule has 0 aliphatic heterocycles. The van der Waals surface area contributed by atoms with Crippen LogP contribution in [0, 0.1) is 20.8 Å². The summed E-state index contributed by atoms with van der Waals surface area (Å²) in [6.45, 7) is 6.32. The first-order chi connectivity index (χ1) is 8.08. The van der Waals surface area contributed by atoms with Crippen LogP contribution in [0.15, 0.2) is 18.2 Å². The molecule has 88 valence electrons. The fraction of sp³-hybridized carbons (Fsp3) is 0.308. The number of nitrogens with zero attached hydrogens (tertiary/aromatic N) is 3. The van der Waals surface area contributed by atoms with Crippen LogP contribution in [0.2, 0.25) is 0 Å². The molecule has 0 saturated carbocycles. The molecule has 0 bridgehead atoms. The molecular weight excluding hydrogens is 212 g/mol. The molecule has 0 aliphatic rings. The SMILES string of the molecule is Cc1cc(-c2nc(C)cc(CN)n2)cc(C)n1. The van der Waals surface area contributed by atoms with Gasteiger partial charge in [-0.1, -0.05) is 0 Å². The predicted octanol–water partition coefficient (Wildman–Crippen LogP) is 1.92. The minimum absolute atomic E-state index is 0.430. The highest BCUT2D eigenvalue weighted by Gasteiger charge is 2.06. The van der Waals surface area contributed by atoms with Crippen LogP contribution >= 0.6 is 0 Å². The topological polar surface area (TPSA) is 64.7 Å². The molecule has 2 N–H and O–H groups in total. The quantitative estimate of drug-likeness (QED) is 0.853. The predicted molar refractivity (Wildman–Crippen MR) is 67.4 cm³/mol. The van der Waals surface area contributed by atoms with E-state index in [4.69, 9.17) is 5.73 Å². The maximum atomic E-state index is 5.62. The lowest BCUT2D eigenvalue weighted by molar-refractivity contribution is 0.951. The van der Waals surface area contributed by atoms with E-state index in [1.165, 1.54) is 0 Å². The Balaban J connectivity index is 2.55. The van der Waals surface area contributed by atoms with Gasteiger partial charge < -0.3 is 5.73 Å². The van der Waals surface area contributed by atoms with E-state index >= 15 is 0 Å². The van der Waals surface area contributed by atoms with E-state index < -0.39 is 0 Å². The Morgan fingerprint density at radius 1 is 0.882 bits per heavy atom. The van der Waals surface area contributed by atoms with Gasteiger partial charge in [0, 0.05) is 29.2 Å². The fourth-order valence-corrected chi connectivity index (χ4v) is 1.83. The average Bonchev–Trinajstić information content (AvgIpc) is 2.26. The van der Waals surface area contributed by atoms with Gasteiger partial charge >= 0.3 is 0 Å². The van der Waals surface area contributed by atoms with Crippen LogP contribution in [0.25, 0.3) is 11.4 Å². The zero-order valence-corrected chi connectivity index (χ0v) is 10.4. The normalized spacial score (nSPS) is 10.6. The van der Waals surface area contributed by atoms with Crippen molar-refractivity contribution in [2.75, 3.05) is 0 Å². The van der Waals surface area contributed by atoms with Crippen LogP contribution < -0.4 is 5.73 Å². The zero-order valence-electron chi connectivity index (χ0n) is 10.4. The number of aromatic nitrogens is 3. The molecule has 0 aliphatic carbocycles. The van der Waals surface area contributed by atoms with E-state index in [0.717, 1.165) is 34.2 Å². The second-order valence-electron chi connectivity index (χ2n) is 4.17. The van der Waals surface area contributed by atoms with E-state index in [-0.39, 0.29) is 0 Å². The summed E-state index contributed by atoms with van der Waals surface area (Å²) < 4.78 is 0. The first kappa shape index (κ1) is 11.7. The zero-order chi connectivity index (χ0) is 12.4. The van der Waals surface area contributed by atoms with Crippen LogP contribution in [0.3, 0.4) is 0 Å². The molecule has 0 aromatic carbocycles. The van der Waals surface area contributed by atoms with Gasteiger partial charge in [0.2, 0.25) is 0 Å². The summed E-state index contributed by atoms with van der Waals surface area (Å²) >= 11 is 0. The van der Waals surface area contributed by atoms with Crippen molar-refractivity contribution in [3.63, 3.8) is 0 Å². The molecule has 2 rings (SSSR count). The highest BCUT2D eigenvalue weighted by atomic mass is 14.9. The molecule has 0 amide bonds. The lowest BCUT2D eigenvalue weighted by atomic mass is 10.2. The molecule has 2 aromatic rings. The van der Waals surface area contributed by atoms with Gasteiger partial charge in [-0.05, 0) is 39.0 Å². The Bertz CT molecular complexity index is 529. The molecule has 0 saturated heterocycles. The second kappa shape index (κ2) is 4.59. The van der Waals surface area contributed by atoms with Crippen molar-refractivity contribution in [2.24, 2.45) is 5.73 Å². The fourth-order valence-electron chi connectivity index (χ4n) is 1.83. The average molecular weight is 228 g/mol. The van der Waals surface area contributed by atoms with Gasteiger partial charge in [-0.25, -0.2) is 9.97 Å². The molecule has 0 spiro atoms. The van der Waals surface area contributed by atoms with Crippen LogP contribution in [0.5, 0.6) is 0 Å². The van der Waals surface area contributed by atoms with Crippen LogP contribution in [-0.4, -0.2) is 15.0 Å². The van der Waals surface area contributed by atoms with Gasteiger partial charge in [0.05, 0.1) is 5.69 Å². The highest BCUT2D eigenvalue weighted by Crippen LogP contribution is 2.17. The van der Waals surface area contributed by atoms with Crippen molar-refractivity contribution in [1.82, 2.24) is 15.0 Å². The van der Waals surface area contributed by atoms with Gasteiger partial charge in [-0.2, -0.15) is 0 Å². The van der Waals surface area contributed by atoms with E-state index in [0.29, 0.717) is 6.54 Å². The Morgan fingerprint density at radius 2 is 1.47 bits per heavy atom. The first-order valence-electron chi connectivity index (χ1n) is 5.59. The van der Waals surface area contributed by atoms with E-state index in [1.54, 1.807) is 0 Å². The molecular formula is C13H16N4. The van der Waals surface area contributed by atoms with Gasteiger partial charge in [-0.3, -0.25) is 4.98 Å². The Morgan fingerprint density at radius 3 is 2.06 bits per heavy atom. The number of hydrogen-bond donors (Lipinski definition) is 1. The highest BCUT2D eigenvalue weighted by molar-refractivity contribution is 5.56. The van der Waals surface area contributed by atoms with E-state index in [1.807, 2.05) is 39.0 Å². The Kier molecular flexibility index (Phi) is 3.15.